The van der Waals surface area contributed by atoms with Crippen molar-refractivity contribution in [2.45, 2.75) is 0 Å². The van der Waals surface area contributed by atoms with Crippen molar-refractivity contribution in [3.63, 3.8) is 0 Å². The third-order valence-electron chi connectivity index (χ3n) is 1.30. The molecule has 0 amide bonds. The van der Waals surface area contributed by atoms with Gasteiger partial charge in [0.1, 0.15) is 12.4 Å². The van der Waals surface area contributed by atoms with E-state index in [1.54, 1.807) is 7.11 Å². The van der Waals surface area contributed by atoms with E-state index in [1.807, 2.05) is 30.3 Å². The fourth-order valence-corrected chi connectivity index (χ4v) is 0.760. The van der Waals surface area contributed by atoms with Crippen molar-refractivity contribution < 1.29 is 9.47 Å². The Labute approximate surface area is 79.8 Å². The van der Waals surface area contributed by atoms with Gasteiger partial charge in [0.2, 0.25) is 0 Å². The van der Waals surface area contributed by atoms with Crippen LogP contribution in [0.25, 0.3) is 0 Å². The van der Waals surface area contributed by atoms with Crippen molar-refractivity contribution in [3.05, 3.63) is 43.5 Å². The van der Waals surface area contributed by atoms with Gasteiger partial charge in [-0.3, -0.25) is 0 Å². The third-order valence-corrected chi connectivity index (χ3v) is 1.30. The van der Waals surface area contributed by atoms with Crippen LogP contribution in [0.3, 0.4) is 0 Å². The molecule has 0 fully saturated rings. The molecule has 0 atom stereocenters. The summed E-state index contributed by atoms with van der Waals surface area (Å²) in [5.41, 5.74) is 0. The van der Waals surface area contributed by atoms with Crippen molar-refractivity contribution in [1.82, 2.24) is 0 Å². The van der Waals surface area contributed by atoms with E-state index in [2.05, 4.69) is 13.2 Å². The van der Waals surface area contributed by atoms with Crippen LogP contribution in [-0.2, 0) is 4.74 Å². The highest BCUT2D eigenvalue weighted by atomic mass is 16.5. The van der Waals surface area contributed by atoms with Gasteiger partial charge in [0.05, 0.1) is 6.61 Å². The van der Waals surface area contributed by atoms with Crippen LogP contribution in [0.2, 0.25) is 0 Å². The number of methoxy groups -OCH3 is 1. The van der Waals surface area contributed by atoms with Gasteiger partial charge in [-0.15, -0.1) is 13.2 Å². The molecule has 0 unspecified atom stereocenters. The summed E-state index contributed by atoms with van der Waals surface area (Å²) in [6, 6.07) is 9.71. The zero-order valence-corrected chi connectivity index (χ0v) is 8.03. The average Bonchev–Trinajstić information content (AvgIpc) is 2.23. The minimum absolute atomic E-state index is 0.612. The Hall–Kier alpha value is -1.28. The molecule has 2 heteroatoms. The first-order valence-electron chi connectivity index (χ1n) is 4.10. The molecule has 0 N–H and O–H groups in total. The summed E-state index contributed by atoms with van der Waals surface area (Å²) in [4.78, 5) is 0. The van der Waals surface area contributed by atoms with Gasteiger partial charge in [-0.05, 0) is 12.1 Å². The number of hydrogen-bond acceptors (Lipinski definition) is 2. The van der Waals surface area contributed by atoms with Gasteiger partial charge in [0.15, 0.2) is 0 Å². The van der Waals surface area contributed by atoms with Gasteiger partial charge in [-0.2, -0.15) is 0 Å². The van der Waals surface area contributed by atoms with Gasteiger partial charge < -0.3 is 9.47 Å². The van der Waals surface area contributed by atoms with E-state index in [-0.39, 0.29) is 0 Å². The molecule has 0 aliphatic carbocycles. The number of para-hydroxylation sites is 1. The lowest BCUT2D eigenvalue weighted by Crippen LogP contribution is -2.03. The zero-order chi connectivity index (χ0) is 9.94. The standard InChI is InChI=1S/C9H12O2.C2H4/c1-10-7-8-11-9-5-3-2-4-6-9;1-2/h2-6H,7-8H2,1H3;1-2H2. The highest BCUT2D eigenvalue weighted by molar-refractivity contribution is 5.20. The van der Waals surface area contributed by atoms with E-state index in [0.717, 1.165) is 5.75 Å². The molecule has 1 rings (SSSR count). The average molecular weight is 180 g/mol. The first-order chi connectivity index (χ1) is 6.43. The minimum Gasteiger partial charge on any atom is -0.491 e. The van der Waals surface area contributed by atoms with Crippen LogP contribution in [0, 0.1) is 0 Å². The lowest BCUT2D eigenvalue weighted by molar-refractivity contribution is 0.146. The molecule has 1 aromatic carbocycles. The Morgan fingerprint density at radius 3 is 2.23 bits per heavy atom. The molecule has 0 aliphatic heterocycles. The topological polar surface area (TPSA) is 18.5 Å². The second-order valence-electron chi connectivity index (χ2n) is 2.15. The third kappa shape index (κ3) is 5.93. The highest BCUT2D eigenvalue weighted by Crippen LogP contribution is 2.07. The van der Waals surface area contributed by atoms with Crippen LogP contribution in [0.15, 0.2) is 43.5 Å². The lowest BCUT2D eigenvalue weighted by atomic mass is 10.3. The van der Waals surface area contributed by atoms with E-state index in [1.165, 1.54) is 0 Å². The molecule has 0 spiro atoms. The SMILES string of the molecule is C=C.COCCOc1ccccc1. The van der Waals surface area contributed by atoms with Gasteiger partial charge in [0.25, 0.3) is 0 Å². The van der Waals surface area contributed by atoms with E-state index >= 15 is 0 Å². The number of rotatable bonds is 4. The normalized spacial score (nSPS) is 8.38. The molecule has 0 saturated carbocycles. The summed E-state index contributed by atoms with van der Waals surface area (Å²) in [5.74, 6) is 0.893. The van der Waals surface area contributed by atoms with Crippen LogP contribution in [-0.4, -0.2) is 20.3 Å². The smallest absolute Gasteiger partial charge is 0.119 e. The monoisotopic (exact) mass is 180 g/mol. The first-order valence-corrected chi connectivity index (χ1v) is 4.10. The summed E-state index contributed by atoms with van der Waals surface area (Å²) in [6.07, 6.45) is 0. The van der Waals surface area contributed by atoms with Gasteiger partial charge in [0, 0.05) is 7.11 Å². The Kier molecular flexibility index (Phi) is 7.95. The van der Waals surface area contributed by atoms with E-state index < -0.39 is 0 Å². The summed E-state index contributed by atoms with van der Waals surface area (Å²) < 4.78 is 10.2. The molecule has 0 aliphatic rings. The van der Waals surface area contributed by atoms with Crippen LogP contribution < -0.4 is 4.74 Å². The van der Waals surface area contributed by atoms with E-state index in [0.29, 0.717) is 13.2 Å². The molecule has 0 saturated heterocycles. The lowest BCUT2D eigenvalue weighted by Gasteiger charge is -2.03. The highest BCUT2D eigenvalue weighted by Gasteiger charge is 1.88. The second-order valence-corrected chi connectivity index (χ2v) is 2.15. The van der Waals surface area contributed by atoms with Crippen LogP contribution in [0.4, 0.5) is 0 Å². The maximum absolute atomic E-state index is 5.32. The van der Waals surface area contributed by atoms with Gasteiger partial charge in [-0.25, -0.2) is 0 Å². The van der Waals surface area contributed by atoms with Gasteiger partial charge >= 0.3 is 0 Å². The fourth-order valence-electron chi connectivity index (χ4n) is 0.760. The molecular weight excluding hydrogens is 164 g/mol. The van der Waals surface area contributed by atoms with Crippen molar-refractivity contribution in [2.24, 2.45) is 0 Å². The summed E-state index contributed by atoms with van der Waals surface area (Å²) in [7, 11) is 1.66. The number of ether oxygens (including phenoxy) is 2. The van der Waals surface area contributed by atoms with Crippen molar-refractivity contribution >= 4 is 0 Å². The van der Waals surface area contributed by atoms with Crippen LogP contribution >= 0.6 is 0 Å². The Balaban J connectivity index is 0.000000671. The molecule has 13 heavy (non-hydrogen) atoms. The van der Waals surface area contributed by atoms with E-state index in [4.69, 9.17) is 9.47 Å². The largest absolute Gasteiger partial charge is 0.491 e. The zero-order valence-electron chi connectivity index (χ0n) is 8.03. The minimum atomic E-state index is 0.612. The number of hydrogen-bond donors (Lipinski definition) is 0. The second kappa shape index (κ2) is 8.81. The van der Waals surface area contributed by atoms with Crippen LogP contribution in [0.5, 0.6) is 5.75 Å². The van der Waals surface area contributed by atoms with E-state index in [9.17, 15) is 0 Å². The van der Waals surface area contributed by atoms with Gasteiger partial charge in [-0.1, -0.05) is 18.2 Å². The molecule has 0 bridgehead atoms. The Morgan fingerprint density at radius 2 is 1.69 bits per heavy atom. The predicted octanol–water partition coefficient (Wildman–Crippen LogP) is 2.51. The molecule has 0 radical (unpaired) electrons. The first kappa shape index (κ1) is 11.7. The number of benzene rings is 1. The van der Waals surface area contributed by atoms with Crippen LogP contribution in [0.1, 0.15) is 0 Å². The molecule has 0 aromatic heterocycles. The summed E-state index contributed by atoms with van der Waals surface area (Å²) in [5, 5.41) is 0. The van der Waals surface area contributed by atoms with Crippen molar-refractivity contribution in [1.29, 1.82) is 0 Å². The van der Waals surface area contributed by atoms with Crippen molar-refractivity contribution in [3.8, 4) is 5.75 Å². The maximum atomic E-state index is 5.32. The maximum Gasteiger partial charge on any atom is 0.119 e. The molecule has 2 nitrogen and oxygen atoms in total. The summed E-state index contributed by atoms with van der Waals surface area (Å²) >= 11 is 0. The Morgan fingerprint density at radius 1 is 1.08 bits per heavy atom. The molecule has 72 valence electrons. The summed E-state index contributed by atoms with van der Waals surface area (Å²) in [6.45, 7) is 7.25. The van der Waals surface area contributed by atoms with Crippen molar-refractivity contribution in [2.75, 3.05) is 20.3 Å². The molecular formula is C11H16O2. The quantitative estimate of drug-likeness (QED) is 0.523. The predicted molar refractivity (Wildman–Crippen MR) is 55.1 cm³/mol. The molecule has 1 aromatic rings. The molecule has 0 heterocycles. The Bertz CT molecular complexity index is 197. The fraction of sp³-hybridized carbons (Fsp3) is 0.273.